The molecule has 2 heterocycles. The molecule has 5 heteroatoms. The SMILES string of the molecule is O=c1[nH]nc(CC2CCCCO2)cc1Br. The normalized spacial score (nSPS) is 21.5. The molecule has 82 valence electrons. The topological polar surface area (TPSA) is 55.0 Å². The first kappa shape index (κ1) is 10.8. The number of hydrogen-bond acceptors (Lipinski definition) is 3. The van der Waals surface area contributed by atoms with Crippen LogP contribution < -0.4 is 5.56 Å². The molecule has 1 atom stereocenters. The van der Waals surface area contributed by atoms with Crippen LogP contribution in [0.15, 0.2) is 15.3 Å². The molecule has 1 unspecified atom stereocenters. The number of nitrogens with zero attached hydrogens (tertiary/aromatic N) is 1. The van der Waals surface area contributed by atoms with E-state index in [2.05, 4.69) is 26.1 Å². The van der Waals surface area contributed by atoms with Crippen molar-refractivity contribution in [2.24, 2.45) is 0 Å². The van der Waals surface area contributed by atoms with Crippen LogP contribution in [0.1, 0.15) is 25.0 Å². The van der Waals surface area contributed by atoms with E-state index in [1.807, 2.05) is 0 Å². The van der Waals surface area contributed by atoms with Gasteiger partial charge in [-0.3, -0.25) is 4.79 Å². The maximum absolute atomic E-state index is 11.1. The number of nitrogens with one attached hydrogen (secondary N) is 1. The van der Waals surface area contributed by atoms with Crippen molar-refractivity contribution in [2.75, 3.05) is 6.61 Å². The molecule has 1 saturated heterocycles. The highest BCUT2D eigenvalue weighted by molar-refractivity contribution is 9.10. The average Bonchev–Trinajstić information content (AvgIpc) is 2.25. The van der Waals surface area contributed by atoms with E-state index < -0.39 is 0 Å². The van der Waals surface area contributed by atoms with E-state index in [1.165, 1.54) is 6.42 Å². The third-order valence-corrected chi connectivity index (χ3v) is 3.11. The number of hydrogen-bond donors (Lipinski definition) is 1. The van der Waals surface area contributed by atoms with Crippen molar-refractivity contribution in [3.63, 3.8) is 0 Å². The van der Waals surface area contributed by atoms with Crippen LogP contribution in [0.5, 0.6) is 0 Å². The molecule has 0 aliphatic carbocycles. The molecular formula is C10H13BrN2O2. The highest BCUT2D eigenvalue weighted by atomic mass is 79.9. The lowest BCUT2D eigenvalue weighted by Gasteiger charge is -2.21. The van der Waals surface area contributed by atoms with Crippen LogP contribution in [0.25, 0.3) is 0 Å². The van der Waals surface area contributed by atoms with E-state index in [0.717, 1.165) is 31.6 Å². The van der Waals surface area contributed by atoms with Crippen molar-refractivity contribution < 1.29 is 4.74 Å². The molecule has 15 heavy (non-hydrogen) atoms. The van der Waals surface area contributed by atoms with Crippen molar-refractivity contribution in [1.29, 1.82) is 0 Å². The minimum Gasteiger partial charge on any atom is -0.378 e. The fraction of sp³-hybridized carbons (Fsp3) is 0.600. The molecule has 1 aliphatic rings. The van der Waals surface area contributed by atoms with Gasteiger partial charge in [0.05, 0.1) is 16.3 Å². The van der Waals surface area contributed by atoms with E-state index in [-0.39, 0.29) is 11.7 Å². The summed E-state index contributed by atoms with van der Waals surface area (Å²) in [5.41, 5.74) is 0.677. The predicted octanol–water partition coefficient (Wildman–Crippen LogP) is 1.64. The molecule has 1 aliphatic heterocycles. The summed E-state index contributed by atoms with van der Waals surface area (Å²) in [5, 5.41) is 6.44. The van der Waals surface area contributed by atoms with Crippen LogP contribution in [0, 0.1) is 0 Å². The molecular weight excluding hydrogens is 260 g/mol. The Labute approximate surface area is 96.2 Å². The molecule has 1 aromatic rings. The lowest BCUT2D eigenvalue weighted by atomic mass is 10.0. The van der Waals surface area contributed by atoms with Gasteiger partial charge in [0.1, 0.15) is 0 Å². The Bertz CT molecular complexity index is 385. The van der Waals surface area contributed by atoms with Crippen LogP contribution in [-0.4, -0.2) is 22.9 Å². The first-order valence-electron chi connectivity index (χ1n) is 5.11. The fourth-order valence-electron chi connectivity index (χ4n) is 1.73. The van der Waals surface area contributed by atoms with Crippen molar-refractivity contribution in [2.45, 2.75) is 31.8 Å². The Hall–Kier alpha value is -0.680. The average molecular weight is 273 g/mol. The second-order valence-electron chi connectivity index (χ2n) is 3.73. The van der Waals surface area contributed by atoms with Crippen LogP contribution in [0.2, 0.25) is 0 Å². The number of aromatic nitrogens is 2. The van der Waals surface area contributed by atoms with Gasteiger partial charge in [0.2, 0.25) is 0 Å². The molecule has 1 fully saturated rings. The van der Waals surface area contributed by atoms with Crippen molar-refractivity contribution >= 4 is 15.9 Å². The zero-order valence-corrected chi connectivity index (χ0v) is 9.92. The highest BCUT2D eigenvalue weighted by Gasteiger charge is 2.15. The van der Waals surface area contributed by atoms with E-state index in [9.17, 15) is 4.79 Å². The molecule has 0 aromatic carbocycles. The fourth-order valence-corrected chi connectivity index (χ4v) is 2.08. The Morgan fingerprint density at radius 3 is 3.13 bits per heavy atom. The highest BCUT2D eigenvalue weighted by Crippen LogP contribution is 2.16. The summed E-state index contributed by atoms with van der Waals surface area (Å²) in [5.74, 6) is 0. The standard InChI is InChI=1S/C10H13BrN2O2/c11-9-6-7(12-13-10(9)14)5-8-3-1-2-4-15-8/h6,8H,1-5H2,(H,13,14). The van der Waals surface area contributed by atoms with E-state index in [0.29, 0.717) is 4.47 Å². The Kier molecular flexibility index (Phi) is 3.53. The van der Waals surface area contributed by atoms with Gasteiger partial charge in [-0.2, -0.15) is 5.10 Å². The Morgan fingerprint density at radius 2 is 2.47 bits per heavy atom. The van der Waals surface area contributed by atoms with Crippen LogP contribution in [0.4, 0.5) is 0 Å². The number of ether oxygens (including phenoxy) is 1. The summed E-state index contributed by atoms with van der Waals surface area (Å²) in [6.45, 7) is 0.842. The Morgan fingerprint density at radius 1 is 1.60 bits per heavy atom. The van der Waals surface area contributed by atoms with Crippen molar-refractivity contribution in [3.05, 3.63) is 26.6 Å². The number of aromatic amines is 1. The van der Waals surface area contributed by atoms with Crippen LogP contribution in [0.3, 0.4) is 0 Å². The molecule has 1 N–H and O–H groups in total. The molecule has 4 nitrogen and oxygen atoms in total. The Balaban J connectivity index is 2.03. The third-order valence-electron chi connectivity index (χ3n) is 2.52. The van der Waals surface area contributed by atoms with Gasteiger partial charge in [0.15, 0.2) is 0 Å². The van der Waals surface area contributed by atoms with Crippen LogP contribution >= 0.6 is 15.9 Å². The zero-order valence-electron chi connectivity index (χ0n) is 8.33. The molecule has 0 saturated carbocycles. The van der Waals surface area contributed by atoms with E-state index in [1.54, 1.807) is 6.07 Å². The predicted molar refractivity (Wildman–Crippen MR) is 59.9 cm³/mol. The van der Waals surface area contributed by atoms with Crippen molar-refractivity contribution in [3.8, 4) is 0 Å². The largest absolute Gasteiger partial charge is 0.378 e. The number of H-pyrrole nitrogens is 1. The lowest BCUT2D eigenvalue weighted by molar-refractivity contribution is 0.0161. The third kappa shape index (κ3) is 2.89. The summed E-state index contributed by atoms with van der Waals surface area (Å²) in [6.07, 6.45) is 4.48. The summed E-state index contributed by atoms with van der Waals surface area (Å²) in [6, 6.07) is 1.76. The first-order valence-corrected chi connectivity index (χ1v) is 5.91. The van der Waals surface area contributed by atoms with E-state index in [4.69, 9.17) is 4.74 Å². The van der Waals surface area contributed by atoms with Gasteiger partial charge in [0.25, 0.3) is 5.56 Å². The molecule has 0 amide bonds. The first-order chi connectivity index (χ1) is 7.25. The summed E-state index contributed by atoms with van der Waals surface area (Å²) in [7, 11) is 0. The summed E-state index contributed by atoms with van der Waals surface area (Å²) >= 11 is 3.19. The lowest BCUT2D eigenvalue weighted by Crippen LogP contribution is -2.23. The van der Waals surface area contributed by atoms with Gasteiger partial charge in [-0.15, -0.1) is 0 Å². The molecule has 1 aromatic heterocycles. The minimum atomic E-state index is -0.191. The monoisotopic (exact) mass is 272 g/mol. The van der Waals surface area contributed by atoms with E-state index >= 15 is 0 Å². The smallest absolute Gasteiger partial charge is 0.278 e. The maximum Gasteiger partial charge on any atom is 0.278 e. The molecule has 0 radical (unpaired) electrons. The molecule has 0 bridgehead atoms. The number of halogens is 1. The van der Waals surface area contributed by atoms with Crippen LogP contribution in [-0.2, 0) is 11.2 Å². The quantitative estimate of drug-likeness (QED) is 0.891. The van der Waals surface area contributed by atoms with Crippen molar-refractivity contribution in [1.82, 2.24) is 10.2 Å². The summed E-state index contributed by atoms with van der Waals surface area (Å²) in [4.78, 5) is 11.1. The second-order valence-corrected chi connectivity index (χ2v) is 4.58. The van der Waals surface area contributed by atoms with Gasteiger partial charge in [-0.05, 0) is 41.3 Å². The van der Waals surface area contributed by atoms with Gasteiger partial charge >= 0.3 is 0 Å². The molecule has 0 spiro atoms. The van der Waals surface area contributed by atoms with Gasteiger partial charge in [-0.25, -0.2) is 5.10 Å². The number of rotatable bonds is 2. The second kappa shape index (κ2) is 4.90. The van der Waals surface area contributed by atoms with Gasteiger partial charge in [0, 0.05) is 13.0 Å². The summed E-state index contributed by atoms with van der Waals surface area (Å²) < 4.78 is 6.14. The maximum atomic E-state index is 11.1. The zero-order chi connectivity index (χ0) is 10.7. The van der Waals surface area contributed by atoms with Gasteiger partial charge < -0.3 is 4.74 Å². The molecule has 2 rings (SSSR count). The van der Waals surface area contributed by atoms with Gasteiger partial charge in [-0.1, -0.05) is 0 Å². The minimum absolute atomic E-state index is 0.191.